The Bertz CT molecular complexity index is 1570. The molecule has 0 bridgehead atoms. The topological polar surface area (TPSA) is 96.5 Å². The van der Waals surface area contributed by atoms with Crippen molar-refractivity contribution in [3.05, 3.63) is 125 Å². The Morgan fingerprint density at radius 1 is 0.829 bits per heavy atom. The van der Waals surface area contributed by atoms with Crippen LogP contribution >= 0.6 is 11.8 Å². The molecule has 0 fully saturated rings. The van der Waals surface area contributed by atoms with Crippen molar-refractivity contribution in [2.75, 3.05) is 23.5 Å². The van der Waals surface area contributed by atoms with Crippen LogP contribution in [0.5, 0.6) is 5.75 Å². The number of anilines is 2. The van der Waals surface area contributed by atoms with E-state index in [0.717, 1.165) is 21.7 Å². The van der Waals surface area contributed by atoms with Gasteiger partial charge in [0.2, 0.25) is 5.91 Å². The predicted molar refractivity (Wildman–Crippen MR) is 165 cm³/mol. The van der Waals surface area contributed by atoms with Gasteiger partial charge in [-0.3, -0.25) is 14.4 Å². The number of nitrogens with one attached hydrogen (secondary N) is 3. The van der Waals surface area contributed by atoms with Crippen molar-refractivity contribution in [2.24, 2.45) is 0 Å². The van der Waals surface area contributed by atoms with Crippen molar-refractivity contribution in [3.63, 3.8) is 0 Å². The van der Waals surface area contributed by atoms with E-state index in [2.05, 4.69) is 16.0 Å². The van der Waals surface area contributed by atoms with Crippen molar-refractivity contribution < 1.29 is 19.1 Å². The first-order valence-corrected chi connectivity index (χ1v) is 13.9. The molecular formula is C33H31N3O4S. The third-order valence-corrected chi connectivity index (χ3v) is 7.13. The van der Waals surface area contributed by atoms with Crippen LogP contribution in [-0.4, -0.2) is 30.6 Å². The van der Waals surface area contributed by atoms with Gasteiger partial charge >= 0.3 is 0 Å². The van der Waals surface area contributed by atoms with Crippen LogP contribution in [0, 0.1) is 13.8 Å². The third kappa shape index (κ3) is 8.33. The first-order chi connectivity index (χ1) is 19.8. The van der Waals surface area contributed by atoms with Crippen molar-refractivity contribution in [1.29, 1.82) is 0 Å². The molecule has 0 saturated carbocycles. The second kappa shape index (κ2) is 14.0. The highest BCUT2D eigenvalue weighted by molar-refractivity contribution is 8.00. The molecule has 0 aromatic heterocycles. The molecule has 0 aliphatic rings. The molecule has 0 heterocycles. The maximum Gasteiger partial charge on any atom is 0.272 e. The van der Waals surface area contributed by atoms with Crippen molar-refractivity contribution >= 4 is 46.9 Å². The normalized spacial score (nSPS) is 11.0. The van der Waals surface area contributed by atoms with Gasteiger partial charge in [0, 0.05) is 27.4 Å². The van der Waals surface area contributed by atoms with E-state index in [1.165, 1.54) is 11.8 Å². The Kier molecular flexibility index (Phi) is 9.96. The van der Waals surface area contributed by atoms with Crippen LogP contribution in [-0.2, 0) is 9.59 Å². The monoisotopic (exact) mass is 565 g/mol. The van der Waals surface area contributed by atoms with Gasteiger partial charge in [0.25, 0.3) is 11.8 Å². The second-order valence-corrected chi connectivity index (χ2v) is 10.3. The Morgan fingerprint density at radius 3 is 2.27 bits per heavy atom. The van der Waals surface area contributed by atoms with Gasteiger partial charge in [-0.1, -0.05) is 48.5 Å². The van der Waals surface area contributed by atoms with Crippen LogP contribution in [0.15, 0.2) is 108 Å². The summed E-state index contributed by atoms with van der Waals surface area (Å²) in [5, 5.41) is 8.53. The average Bonchev–Trinajstić information content (AvgIpc) is 2.99. The van der Waals surface area contributed by atoms with Crippen LogP contribution in [0.4, 0.5) is 11.4 Å². The minimum atomic E-state index is -0.492. The number of thioether (sulfide) groups is 1. The summed E-state index contributed by atoms with van der Waals surface area (Å²) >= 11 is 1.40. The molecule has 0 radical (unpaired) electrons. The maximum absolute atomic E-state index is 13.3. The third-order valence-electron chi connectivity index (χ3n) is 6.12. The number of para-hydroxylation sites is 1. The molecule has 41 heavy (non-hydrogen) atoms. The van der Waals surface area contributed by atoms with E-state index in [0.29, 0.717) is 22.6 Å². The molecule has 0 atom stereocenters. The van der Waals surface area contributed by atoms with E-state index in [4.69, 9.17) is 4.74 Å². The van der Waals surface area contributed by atoms with E-state index in [-0.39, 0.29) is 17.4 Å². The zero-order valence-corrected chi connectivity index (χ0v) is 23.9. The summed E-state index contributed by atoms with van der Waals surface area (Å²) in [7, 11) is 1.54. The highest BCUT2D eigenvalue weighted by atomic mass is 32.2. The van der Waals surface area contributed by atoms with Crippen LogP contribution in [0.2, 0.25) is 0 Å². The summed E-state index contributed by atoms with van der Waals surface area (Å²) in [5.41, 5.74) is 4.56. The minimum absolute atomic E-state index is 0.0601. The van der Waals surface area contributed by atoms with E-state index in [9.17, 15) is 14.4 Å². The number of hydrogen-bond donors (Lipinski definition) is 3. The van der Waals surface area contributed by atoms with Gasteiger partial charge < -0.3 is 20.7 Å². The molecule has 7 nitrogen and oxygen atoms in total. The molecule has 0 unspecified atom stereocenters. The van der Waals surface area contributed by atoms with Crippen molar-refractivity contribution in [3.8, 4) is 5.75 Å². The number of amides is 3. The van der Waals surface area contributed by atoms with Gasteiger partial charge in [-0.25, -0.2) is 0 Å². The smallest absolute Gasteiger partial charge is 0.272 e. The highest BCUT2D eigenvalue weighted by Crippen LogP contribution is 2.23. The van der Waals surface area contributed by atoms with Crippen LogP contribution in [0.1, 0.15) is 27.0 Å². The Labute approximate surface area is 244 Å². The molecule has 8 heteroatoms. The molecule has 0 aliphatic carbocycles. The van der Waals surface area contributed by atoms with Crippen LogP contribution in [0.25, 0.3) is 6.08 Å². The van der Waals surface area contributed by atoms with Crippen molar-refractivity contribution in [2.45, 2.75) is 18.7 Å². The highest BCUT2D eigenvalue weighted by Gasteiger charge is 2.16. The number of methoxy groups -OCH3 is 1. The first kappa shape index (κ1) is 29.2. The Hall–Kier alpha value is -4.82. The lowest BCUT2D eigenvalue weighted by atomic mass is 10.1. The van der Waals surface area contributed by atoms with E-state index in [1.54, 1.807) is 61.7 Å². The largest absolute Gasteiger partial charge is 0.496 e. The Morgan fingerprint density at radius 2 is 1.54 bits per heavy atom. The fourth-order valence-electron chi connectivity index (χ4n) is 3.92. The lowest BCUT2D eigenvalue weighted by Gasteiger charge is -2.13. The molecule has 4 rings (SSSR count). The van der Waals surface area contributed by atoms with Gasteiger partial charge in [-0.15, -0.1) is 11.8 Å². The number of aryl methyl sites for hydroxylation is 2. The average molecular weight is 566 g/mol. The zero-order chi connectivity index (χ0) is 29.2. The summed E-state index contributed by atoms with van der Waals surface area (Å²) < 4.78 is 5.41. The quantitative estimate of drug-likeness (QED) is 0.152. The fourth-order valence-corrected chi connectivity index (χ4v) is 4.62. The van der Waals surface area contributed by atoms with Gasteiger partial charge in [-0.05, 0) is 79.6 Å². The summed E-state index contributed by atoms with van der Waals surface area (Å²) in [6, 6.07) is 29.0. The fraction of sp³-hybridized carbons (Fsp3) is 0.121. The predicted octanol–water partition coefficient (Wildman–Crippen LogP) is 6.45. The van der Waals surface area contributed by atoms with Crippen molar-refractivity contribution in [1.82, 2.24) is 5.32 Å². The SMILES string of the molecule is COc1ccccc1/C=C(\NC(=O)c1ccccc1)C(=O)Nc1ccc(SCC(=O)Nc2cc(C)ccc2C)cc1. The molecule has 0 aliphatic heterocycles. The molecule has 0 spiro atoms. The van der Waals surface area contributed by atoms with Crippen LogP contribution in [0.3, 0.4) is 0 Å². The molecule has 3 N–H and O–H groups in total. The minimum Gasteiger partial charge on any atom is -0.496 e. The van der Waals surface area contributed by atoms with Gasteiger partial charge in [-0.2, -0.15) is 0 Å². The zero-order valence-electron chi connectivity index (χ0n) is 23.1. The molecule has 4 aromatic carbocycles. The summed E-state index contributed by atoms with van der Waals surface area (Å²) in [6.07, 6.45) is 1.58. The van der Waals surface area contributed by atoms with E-state index in [1.807, 2.05) is 62.4 Å². The maximum atomic E-state index is 13.3. The summed E-state index contributed by atoms with van der Waals surface area (Å²) in [6.45, 7) is 3.94. The number of benzene rings is 4. The molecule has 3 amide bonds. The molecule has 208 valence electrons. The molecule has 4 aromatic rings. The van der Waals surface area contributed by atoms with Gasteiger partial charge in [0.05, 0.1) is 12.9 Å². The number of ether oxygens (including phenoxy) is 1. The van der Waals surface area contributed by atoms with Gasteiger partial charge in [0.1, 0.15) is 11.4 Å². The van der Waals surface area contributed by atoms with Gasteiger partial charge in [0.15, 0.2) is 0 Å². The standard InChI is InChI=1S/C33H31N3O4S/c1-22-13-14-23(2)28(19-22)35-31(37)21-41-27-17-15-26(16-18-27)34-33(39)29(20-25-11-7-8-12-30(25)40-3)36-32(38)24-9-5-4-6-10-24/h4-20H,21H2,1-3H3,(H,34,39)(H,35,37)(H,36,38)/b29-20-. The summed E-state index contributed by atoms with van der Waals surface area (Å²) in [5.74, 6) is -0.187. The van der Waals surface area contributed by atoms with Crippen LogP contribution < -0.4 is 20.7 Å². The second-order valence-electron chi connectivity index (χ2n) is 9.25. The molecular weight excluding hydrogens is 534 g/mol. The van der Waals surface area contributed by atoms with E-state index >= 15 is 0 Å². The lowest BCUT2D eigenvalue weighted by molar-refractivity contribution is -0.114. The van der Waals surface area contributed by atoms with E-state index < -0.39 is 11.8 Å². The Balaban J connectivity index is 1.43. The first-order valence-electron chi connectivity index (χ1n) is 12.9. The number of carbonyl (C=O) groups is 3. The molecule has 0 saturated heterocycles. The number of hydrogen-bond acceptors (Lipinski definition) is 5. The lowest BCUT2D eigenvalue weighted by Crippen LogP contribution is -2.30. The number of carbonyl (C=O) groups excluding carboxylic acids is 3. The summed E-state index contributed by atoms with van der Waals surface area (Å²) in [4.78, 5) is 39.6. The number of rotatable bonds is 10.